The van der Waals surface area contributed by atoms with Crippen molar-refractivity contribution in [1.29, 1.82) is 0 Å². The average molecular weight is 513 g/mol. The lowest BCUT2D eigenvalue weighted by Crippen LogP contribution is -2.22. The third kappa shape index (κ3) is 3.61. The van der Waals surface area contributed by atoms with Gasteiger partial charge < -0.3 is 4.90 Å². The minimum atomic E-state index is 0.744. The lowest BCUT2D eigenvalue weighted by Gasteiger charge is -2.35. The molecule has 0 aromatic heterocycles. The smallest absolute Gasteiger partial charge is 0.0859 e. The van der Waals surface area contributed by atoms with E-state index in [4.69, 9.17) is 0 Å². The minimum absolute atomic E-state index is 0.744. The van der Waals surface area contributed by atoms with E-state index in [1.165, 1.54) is 43.8 Å². The Balaban J connectivity index is 1.52. The van der Waals surface area contributed by atoms with Crippen LogP contribution in [0.3, 0.4) is 0 Å². The van der Waals surface area contributed by atoms with Gasteiger partial charge in [0, 0.05) is 12.1 Å². The maximum absolute atomic E-state index is 4.39. The van der Waals surface area contributed by atoms with Gasteiger partial charge in [0.1, 0.15) is 0 Å². The van der Waals surface area contributed by atoms with Crippen LogP contribution in [0, 0.1) is 0 Å². The van der Waals surface area contributed by atoms with Gasteiger partial charge in [0.25, 0.3) is 0 Å². The number of anilines is 2. The number of aliphatic imine (C=N–C) groups is 1. The number of fused-ring (bicyclic) bond motifs is 6. The van der Waals surface area contributed by atoms with Crippen LogP contribution in [0.25, 0.3) is 56.0 Å². The summed E-state index contributed by atoms with van der Waals surface area (Å²) in [6.07, 6.45) is 3.85. The fourth-order valence-corrected chi connectivity index (χ4v) is 6.25. The Morgan fingerprint density at radius 2 is 1.35 bits per heavy atom. The van der Waals surface area contributed by atoms with Crippen LogP contribution in [0.15, 0.2) is 127 Å². The van der Waals surface area contributed by atoms with E-state index in [0.717, 1.165) is 40.3 Å². The van der Waals surface area contributed by atoms with Gasteiger partial charge in [0.15, 0.2) is 0 Å². The summed E-state index contributed by atoms with van der Waals surface area (Å²) in [5, 5.41) is 4.91. The van der Waals surface area contributed by atoms with Crippen molar-refractivity contribution in [2.24, 2.45) is 4.99 Å². The molecule has 1 heterocycles. The Labute approximate surface area is 234 Å². The summed E-state index contributed by atoms with van der Waals surface area (Å²) in [6.45, 7) is 12.8. The number of benzene rings is 6. The molecule has 0 N–H and O–H groups in total. The van der Waals surface area contributed by atoms with Gasteiger partial charge in [-0.15, -0.1) is 0 Å². The van der Waals surface area contributed by atoms with E-state index in [0.29, 0.717) is 0 Å². The van der Waals surface area contributed by atoms with E-state index in [2.05, 4.69) is 127 Å². The van der Waals surface area contributed by atoms with Crippen molar-refractivity contribution in [2.75, 3.05) is 4.90 Å². The third-order valence-electron chi connectivity index (χ3n) is 8.13. The maximum Gasteiger partial charge on any atom is 0.0859 e. The molecule has 7 rings (SSSR count). The predicted molar refractivity (Wildman–Crippen MR) is 174 cm³/mol. The van der Waals surface area contributed by atoms with Gasteiger partial charge in [-0.25, -0.2) is 0 Å². The first-order valence-corrected chi connectivity index (χ1v) is 13.5. The first-order valence-electron chi connectivity index (χ1n) is 13.5. The molecule has 0 unspecified atom stereocenters. The van der Waals surface area contributed by atoms with Crippen molar-refractivity contribution in [2.45, 2.75) is 6.54 Å². The Hall–Kier alpha value is -5.21. The SMILES string of the molecule is C=Cc1cc(-c2ccc3c(c2)N(c2ccccc2N=C)Cc2c-3ccc3ccccc23)c2ccccc2c1C=C. The average Bonchev–Trinajstić information content (AvgIpc) is 3.03. The molecule has 0 radical (unpaired) electrons. The highest BCUT2D eigenvalue weighted by atomic mass is 15.2. The zero-order valence-corrected chi connectivity index (χ0v) is 22.3. The molecule has 0 saturated carbocycles. The molecule has 0 aliphatic carbocycles. The molecule has 6 aromatic carbocycles. The molecule has 0 amide bonds. The highest BCUT2D eigenvalue weighted by molar-refractivity contribution is 6.05. The van der Waals surface area contributed by atoms with E-state index in [9.17, 15) is 0 Å². The highest BCUT2D eigenvalue weighted by Gasteiger charge is 2.27. The first-order chi connectivity index (χ1) is 19.7. The monoisotopic (exact) mass is 512 g/mol. The molecule has 1 aliphatic heterocycles. The predicted octanol–water partition coefficient (Wildman–Crippen LogP) is 10.6. The van der Waals surface area contributed by atoms with Crippen molar-refractivity contribution in [3.8, 4) is 22.3 Å². The Morgan fingerprint density at radius 1 is 0.625 bits per heavy atom. The van der Waals surface area contributed by atoms with Crippen LogP contribution in [-0.4, -0.2) is 6.72 Å². The summed E-state index contributed by atoms with van der Waals surface area (Å²) < 4.78 is 0. The summed E-state index contributed by atoms with van der Waals surface area (Å²) >= 11 is 0. The highest BCUT2D eigenvalue weighted by Crippen LogP contribution is 2.48. The number of rotatable bonds is 5. The van der Waals surface area contributed by atoms with Crippen LogP contribution < -0.4 is 4.90 Å². The van der Waals surface area contributed by atoms with Crippen LogP contribution in [-0.2, 0) is 6.54 Å². The van der Waals surface area contributed by atoms with Gasteiger partial charge in [-0.1, -0.05) is 110 Å². The van der Waals surface area contributed by atoms with Crippen LogP contribution in [0.4, 0.5) is 17.1 Å². The van der Waals surface area contributed by atoms with Crippen LogP contribution in [0.1, 0.15) is 16.7 Å². The van der Waals surface area contributed by atoms with E-state index < -0.39 is 0 Å². The maximum atomic E-state index is 4.39. The Bertz CT molecular complexity index is 2000. The molecular formula is C38H28N2. The third-order valence-corrected chi connectivity index (χ3v) is 8.13. The zero-order valence-electron chi connectivity index (χ0n) is 22.3. The molecule has 0 atom stereocenters. The molecule has 190 valence electrons. The van der Waals surface area contributed by atoms with Crippen LogP contribution in [0.2, 0.25) is 0 Å². The lowest BCUT2D eigenvalue weighted by atomic mass is 9.86. The summed E-state index contributed by atoms with van der Waals surface area (Å²) in [5.74, 6) is 0. The van der Waals surface area contributed by atoms with E-state index in [-0.39, 0.29) is 0 Å². The van der Waals surface area contributed by atoms with Gasteiger partial charge >= 0.3 is 0 Å². The van der Waals surface area contributed by atoms with Crippen LogP contribution in [0.5, 0.6) is 0 Å². The van der Waals surface area contributed by atoms with Crippen molar-refractivity contribution < 1.29 is 0 Å². The second-order valence-electron chi connectivity index (χ2n) is 10.2. The molecule has 40 heavy (non-hydrogen) atoms. The molecule has 2 nitrogen and oxygen atoms in total. The summed E-state index contributed by atoms with van der Waals surface area (Å²) in [4.78, 5) is 6.78. The number of para-hydroxylation sites is 2. The second-order valence-corrected chi connectivity index (χ2v) is 10.2. The molecule has 0 fully saturated rings. The molecule has 0 bridgehead atoms. The zero-order chi connectivity index (χ0) is 27.2. The molecule has 1 aliphatic rings. The van der Waals surface area contributed by atoms with Crippen molar-refractivity contribution in [1.82, 2.24) is 0 Å². The fraction of sp³-hybridized carbons (Fsp3) is 0.0263. The number of hydrogen-bond acceptors (Lipinski definition) is 2. The summed E-state index contributed by atoms with van der Waals surface area (Å²) in [5.41, 5.74) is 11.4. The summed E-state index contributed by atoms with van der Waals surface area (Å²) in [7, 11) is 0. The lowest BCUT2D eigenvalue weighted by molar-refractivity contribution is 0.970. The van der Waals surface area contributed by atoms with Gasteiger partial charge in [0.05, 0.1) is 17.1 Å². The fourth-order valence-electron chi connectivity index (χ4n) is 6.25. The minimum Gasteiger partial charge on any atom is -0.335 e. The van der Waals surface area contributed by atoms with Gasteiger partial charge in [-0.3, -0.25) is 4.99 Å². The first kappa shape index (κ1) is 23.9. The largest absolute Gasteiger partial charge is 0.335 e. The van der Waals surface area contributed by atoms with E-state index in [1.54, 1.807) is 0 Å². The number of nitrogens with zero attached hydrogens (tertiary/aromatic N) is 2. The van der Waals surface area contributed by atoms with E-state index in [1.807, 2.05) is 24.3 Å². The topological polar surface area (TPSA) is 15.6 Å². The summed E-state index contributed by atoms with van der Waals surface area (Å²) in [6, 6.07) is 39.1. The van der Waals surface area contributed by atoms with Gasteiger partial charge in [-0.2, -0.15) is 0 Å². The molecule has 0 spiro atoms. The Morgan fingerprint density at radius 3 is 2.15 bits per heavy atom. The second kappa shape index (κ2) is 9.52. The standard InChI is InChI=1S/C38H28N2/c1-4-25-22-34(31-15-9-8-14-30(31)28(25)5-2)27-19-21-33-32-20-18-26-12-6-7-13-29(26)35(32)24-40(38(33)23-27)37-17-11-10-16-36(37)39-3/h4-23H,1-3,24H2. The van der Waals surface area contributed by atoms with Crippen molar-refractivity contribution >= 4 is 57.5 Å². The van der Waals surface area contributed by atoms with Gasteiger partial charge in [-0.05, 0) is 85.9 Å². The van der Waals surface area contributed by atoms with Crippen molar-refractivity contribution in [3.63, 3.8) is 0 Å². The quantitative estimate of drug-likeness (QED) is 0.210. The normalized spacial score (nSPS) is 12.2. The molecule has 2 heteroatoms. The molecule has 0 saturated heterocycles. The van der Waals surface area contributed by atoms with Crippen LogP contribution >= 0.6 is 0 Å². The Kier molecular flexibility index (Phi) is 5.68. The molecular weight excluding hydrogens is 484 g/mol. The van der Waals surface area contributed by atoms with E-state index >= 15 is 0 Å². The molecule has 6 aromatic rings. The van der Waals surface area contributed by atoms with Crippen molar-refractivity contribution in [3.05, 3.63) is 139 Å². The van der Waals surface area contributed by atoms with Gasteiger partial charge in [0.2, 0.25) is 0 Å². The number of hydrogen-bond donors (Lipinski definition) is 0.